The number of allylic oxidation sites excluding steroid dienone is 3. The number of carbonyl (C=O) groups is 5. The third-order valence-electron chi connectivity index (χ3n) is 5.58. The molecule has 0 spiro atoms. The molecule has 0 unspecified atom stereocenters. The molecule has 4 atom stereocenters. The topological polar surface area (TPSA) is 141 Å². The van der Waals surface area contributed by atoms with Crippen molar-refractivity contribution in [2.75, 3.05) is 14.2 Å². The first-order valence-electron chi connectivity index (χ1n) is 10.9. The largest absolute Gasteiger partial charge is 0.509 e. The average molecular weight is 494 g/mol. The number of esters is 4. The van der Waals surface area contributed by atoms with Gasteiger partial charge in [-0.3, -0.25) is 9.59 Å². The number of ether oxygens (including phenoxy) is 6. The van der Waals surface area contributed by atoms with Crippen molar-refractivity contribution in [3.63, 3.8) is 0 Å². The maximum atomic E-state index is 12.8. The third kappa shape index (κ3) is 7.69. The van der Waals surface area contributed by atoms with E-state index in [1.54, 1.807) is 6.92 Å². The Morgan fingerprint density at radius 2 is 1.83 bits per heavy atom. The van der Waals surface area contributed by atoms with Gasteiger partial charge in [-0.15, -0.1) is 0 Å². The first kappa shape index (κ1) is 27.6. The van der Waals surface area contributed by atoms with Crippen LogP contribution in [0, 0.1) is 5.92 Å². The van der Waals surface area contributed by atoms with Gasteiger partial charge in [0.2, 0.25) is 0 Å². The van der Waals surface area contributed by atoms with Crippen molar-refractivity contribution in [2.24, 2.45) is 5.92 Å². The fourth-order valence-corrected chi connectivity index (χ4v) is 3.88. The van der Waals surface area contributed by atoms with E-state index in [-0.39, 0.29) is 36.5 Å². The molecule has 2 aliphatic rings. The van der Waals surface area contributed by atoms with Crippen LogP contribution in [0.1, 0.15) is 46.5 Å². The van der Waals surface area contributed by atoms with E-state index in [4.69, 9.17) is 28.4 Å². The molecule has 0 aliphatic carbocycles. The fourth-order valence-electron chi connectivity index (χ4n) is 3.88. The Kier molecular flexibility index (Phi) is 9.21. The van der Waals surface area contributed by atoms with Gasteiger partial charge in [0, 0.05) is 19.8 Å². The first-order valence-corrected chi connectivity index (χ1v) is 10.9. The highest BCUT2D eigenvalue weighted by Crippen LogP contribution is 2.34. The Labute approximate surface area is 203 Å². The van der Waals surface area contributed by atoms with Gasteiger partial charge in [0.25, 0.3) is 0 Å². The summed E-state index contributed by atoms with van der Waals surface area (Å²) < 4.78 is 30.9. The van der Waals surface area contributed by atoms with Crippen LogP contribution in [0.3, 0.4) is 0 Å². The predicted octanol–water partition coefficient (Wildman–Crippen LogP) is 2.68. The summed E-state index contributed by atoms with van der Waals surface area (Å²) in [6, 6.07) is 0. The highest BCUT2D eigenvalue weighted by atomic mass is 16.8. The molecule has 2 heterocycles. The maximum absolute atomic E-state index is 12.8. The van der Waals surface area contributed by atoms with Gasteiger partial charge >= 0.3 is 30.0 Å². The number of hydrogen-bond donors (Lipinski definition) is 0. The fraction of sp³-hybridized carbons (Fsp3) is 0.542. The van der Waals surface area contributed by atoms with E-state index in [0.29, 0.717) is 5.57 Å². The summed E-state index contributed by atoms with van der Waals surface area (Å²) in [6.45, 7) is 8.32. The van der Waals surface area contributed by atoms with Crippen LogP contribution < -0.4 is 0 Å². The van der Waals surface area contributed by atoms with Crippen LogP contribution in [-0.2, 0) is 47.6 Å². The van der Waals surface area contributed by atoms with Crippen molar-refractivity contribution in [3.8, 4) is 0 Å². The summed E-state index contributed by atoms with van der Waals surface area (Å²) >= 11 is 0. The van der Waals surface area contributed by atoms with Gasteiger partial charge in [-0.25, -0.2) is 14.4 Å². The lowest BCUT2D eigenvalue weighted by molar-refractivity contribution is -0.162. The number of fused-ring (bicyclic) bond motifs is 1. The quantitative estimate of drug-likeness (QED) is 0.316. The zero-order valence-corrected chi connectivity index (χ0v) is 20.4. The van der Waals surface area contributed by atoms with Crippen molar-refractivity contribution in [1.82, 2.24) is 0 Å². The maximum Gasteiger partial charge on any atom is 0.509 e. The molecule has 0 amide bonds. The van der Waals surface area contributed by atoms with E-state index in [1.165, 1.54) is 34.1 Å². The zero-order valence-electron chi connectivity index (χ0n) is 20.4. The highest BCUT2D eigenvalue weighted by Gasteiger charge is 2.47. The molecule has 1 saturated heterocycles. The van der Waals surface area contributed by atoms with Gasteiger partial charge in [0.05, 0.1) is 32.3 Å². The Hall–Kier alpha value is -3.63. The van der Waals surface area contributed by atoms with E-state index in [2.05, 4.69) is 6.58 Å². The molecule has 0 bridgehead atoms. The molecule has 192 valence electrons. The van der Waals surface area contributed by atoms with Crippen LogP contribution in [0.25, 0.3) is 0 Å². The molecular formula is C24H30O11. The van der Waals surface area contributed by atoms with Crippen molar-refractivity contribution in [1.29, 1.82) is 0 Å². The molecule has 2 rings (SSSR count). The molecule has 11 nitrogen and oxygen atoms in total. The Bertz CT molecular complexity index is 961. The van der Waals surface area contributed by atoms with Crippen molar-refractivity contribution >= 4 is 30.0 Å². The Balaban J connectivity index is 2.62. The SMILES string of the molecule is C=C(C)[C@H]1C/C=C(\C(=O)OC)[C@@H]2OC(=O)O[C@@H]2C[C@@](C)(CC(=O)OC)OC(=O)/C=C(\OC(C)=O)C1. The molecule has 0 aromatic heterocycles. The minimum Gasteiger partial charge on any atom is -0.469 e. The molecule has 0 N–H and O–H groups in total. The van der Waals surface area contributed by atoms with Gasteiger partial charge in [-0.05, 0) is 26.2 Å². The summed E-state index contributed by atoms with van der Waals surface area (Å²) in [5, 5.41) is 0. The monoisotopic (exact) mass is 494 g/mol. The molecular weight excluding hydrogens is 464 g/mol. The number of rotatable bonds is 5. The lowest BCUT2D eigenvalue weighted by atomic mass is 9.88. The van der Waals surface area contributed by atoms with E-state index in [9.17, 15) is 24.0 Å². The van der Waals surface area contributed by atoms with E-state index < -0.39 is 54.3 Å². The van der Waals surface area contributed by atoms with Crippen LogP contribution in [0.2, 0.25) is 0 Å². The second-order valence-corrected chi connectivity index (χ2v) is 8.61. The first-order chi connectivity index (χ1) is 16.4. The summed E-state index contributed by atoms with van der Waals surface area (Å²) in [5.41, 5.74) is -0.848. The number of methoxy groups -OCH3 is 2. The van der Waals surface area contributed by atoms with Crippen LogP contribution in [0.15, 0.2) is 35.6 Å². The lowest BCUT2D eigenvalue weighted by Crippen LogP contribution is -2.41. The van der Waals surface area contributed by atoms with Crippen molar-refractivity contribution in [3.05, 3.63) is 35.6 Å². The molecule has 35 heavy (non-hydrogen) atoms. The van der Waals surface area contributed by atoms with Crippen LogP contribution in [-0.4, -0.2) is 62.1 Å². The van der Waals surface area contributed by atoms with E-state index >= 15 is 0 Å². The van der Waals surface area contributed by atoms with Crippen LogP contribution in [0.4, 0.5) is 4.79 Å². The molecule has 0 radical (unpaired) electrons. The smallest absolute Gasteiger partial charge is 0.469 e. The molecule has 2 aliphatic heterocycles. The van der Waals surface area contributed by atoms with Crippen LogP contribution >= 0.6 is 0 Å². The summed E-state index contributed by atoms with van der Waals surface area (Å²) in [5.74, 6) is -3.34. The number of hydrogen-bond acceptors (Lipinski definition) is 11. The second-order valence-electron chi connectivity index (χ2n) is 8.61. The molecule has 0 aromatic rings. The summed E-state index contributed by atoms with van der Waals surface area (Å²) in [4.78, 5) is 61.2. The number of cyclic esters (lactones) is 1. The molecule has 0 saturated carbocycles. The van der Waals surface area contributed by atoms with Crippen molar-refractivity contribution < 1.29 is 52.4 Å². The standard InChI is InChI=1S/C24H30O11/c1-13(2)15-7-8-17(22(28)31-6)21-18(33-23(29)34-21)11-24(4,12-20(27)30-5)35-19(26)10-16(9-15)32-14(3)25/h8,10,15,18,21H,1,7,9,11-12H2,2-6H3/b16-10-,17-8-/t15-,18+,21-,24-/m0/s1. The lowest BCUT2D eigenvalue weighted by Gasteiger charge is -2.31. The van der Waals surface area contributed by atoms with Gasteiger partial charge < -0.3 is 28.4 Å². The third-order valence-corrected chi connectivity index (χ3v) is 5.58. The minimum atomic E-state index is -1.54. The highest BCUT2D eigenvalue weighted by molar-refractivity contribution is 5.90. The van der Waals surface area contributed by atoms with Gasteiger partial charge in [0.1, 0.15) is 11.4 Å². The number of carbonyl (C=O) groups excluding carboxylic acids is 5. The normalized spacial score (nSPS) is 30.0. The minimum absolute atomic E-state index is 0.0126. The summed E-state index contributed by atoms with van der Waals surface area (Å²) in [7, 11) is 2.35. The van der Waals surface area contributed by atoms with Crippen LogP contribution in [0.5, 0.6) is 0 Å². The van der Waals surface area contributed by atoms with E-state index in [1.807, 2.05) is 0 Å². The van der Waals surface area contributed by atoms with Gasteiger partial charge in [0.15, 0.2) is 12.2 Å². The Morgan fingerprint density at radius 1 is 1.14 bits per heavy atom. The van der Waals surface area contributed by atoms with Crippen molar-refractivity contribution in [2.45, 2.75) is 64.3 Å². The van der Waals surface area contributed by atoms with Gasteiger partial charge in [-0.1, -0.05) is 18.2 Å². The average Bonchev–Trinajstić information content (AvgIpc) is 3.10. The second kappa shape index (κ2) is 11.7. The Morgan fingerprint density at radius 3 is 2.40 bits per heavy atom. The molecule has 11 heteroatoms. The zero-order chi connectivity index (χ0) is 26.3. The van der Waals surface area contributed by atoms with Gasteiger partial charge in [-0.2, -0.15) is 0 Å². The van der Waals surface area contributed by atoms with E-state index in [0.717, 1.165) is 6.08 Å². The molecule has 1 fully saturated rings. The summed E-state index contributed by atoms with van der Waals surface area (Å²) in [6.07, 6.45) is -1.05. The molecule has 0 aromatic carbocycles. The predicted molar refractivity (Wildman–Crippen MR) is 118 cm³/mol.